The monoisotopic (exact) mass is 272 g/mol. The summed E-state index contributed by atoms with van der Waals surface area (Å²) < 4.78 is 0. The van der Waals surface area contributed by atoms with Crippen LogP contribution in [0.3, 0.4) is 0 Å². The third-order valence-electron chi connectivity index (χ3n) is 1.88. The van der Waals surface area contributed by atoms with Crippen molar-refractivity contribution in [3.8, 4) is 0 Å². The molecule has 5 N–H and O–H groups in total. The number of nitrogens with one attached hydrogen (secondary N) is 2. The Morgan fingerprint density at radius 1 is 1.56 bits per heavy atom. The number of amides is 3. The van der Waals surface area contributed by atoms with E-state index in [0.29, 0.717) is 5.01 Å². The van der Waals surface area contributed by atoms with E-state index < -0.39 is 23.9 Å². The van der Waals surface area contributed by atoms with Crippen LogP contribution < -0.4 is 16.4 Å². The predicted molar refractivity (Wildman–Crippen MR) is 63.2 cm³/mol. The molecule has 0 bridgehead atoms. The molecule has 0 aliphatic rings. The lowest BCUT2D eigenvalue weighted by atomic mass is 10.3. The van der Waals surface area contributed by atoms with Gasteiger partial charge in [-0.05, 0) is 6.92 Å². The van der Waals surface area contributed by atoms with Gasteiger partial charge in [-0.15, -0.1) is 11.3 Å². The molecule has 1 atom stereocenters. The number of aromatic nitrogens is 1. The zero-order valence-corrected chi connectivity index (χ0v) is 10.3. The van der Waals surface area contributed by atoms with Gasteiger partial charge >= 0.3 is 12.0 Å². The first-order chi connectivity index (χ1) is 8.40. The molecule has 0 aliphatic carbocycles. The smallest absolute Gasteiger partial charge is 0.355 e. The SMILES string of the molecule is CC(NC(=O)NCC(N)=O)c1nc(C(=O)O)cs1. The van der Waals surface area contributed by atoms with Crippen LogP contribution in [-0.2, 0) is 4.79 Å². The van der Waals surface area contributed by atoms with Crippen molar-refractivity contribution in [2.75, 3.05) is 6.54 Å². The Kier molecular flexibility index (Phi) is 4.60. The summed E-state index contributed by atoms with van der Waals surface area (Å²) in [4.78, 5) is 36.2. The highest BCUT2D eigenvalue weighted by Crippen LogP contribution is 2.17. The number of carboxylic acid groups (broad SMARTS) is 1. The van der Waals surface area contributed by atoms with Gasteiger partial charge in [-0.2, -0.15) is 0 Å². The number of hydrogen-bond donors (Lipinski definition) is 4. The molecular formula is C9H12N4O4S. The second kappa shape index (κ2) is 5.96. The Morgan fingerprint density at radius 2 is 2.22 bits per heavy atom. The molecule has 1 rings (SSSR count). The predicted octanol–water partition coefficient (Wildman–Crippen LogP) is -0.313. The van der Waals surface area contributed by atoms with E-state index in [0.717, 1.165) is 11.3 Å². The minimum absolute atomic E-state index is 0.0683. The number of nitrogens with zero attached hydrogens (tertiary/aromatic N) is 1. The highest BCUT2D eigenvalue weighted by atomic mass is 32.1. The van der Waals surface area contributed by atoms with Crippen molar-refractivity contribution >= 4 is 29.2 Å². The van der Waals surface area contributed by atoms with Gasteiger partial charge in [-0.1, -0.05) is 0 Å². The van der Waals surface area contributed by atoms with E-state index in [1.54, 1.807) is 6.92 Å². The van der Waals surface area contributed by atoms with Crippen molar-refractivity contribution < 1.29 is 19.5 Å². The highest BCUT2D eigenvalue weighted by molar-refractivity contribution is 7.09. The van der Waals surface area contributed by atoms with E-state index in [-0.39, 0.29) is 12.2 Å². The van der Waals surface area contributed by atoms with Crippen LogP contribution in [0.4, 0.5) is 4.79 Å². The average Bonchev–Trinajstić information content (AvgIpc) is 2.75. The van der Waals surface area contributed by atoms with Crippen molar-refractivity contribution in [2.24, 2.45) is 5.73 Å². The van der Waals surface area contributed by atoms with Gasteiger partial charge in [0, 0.05) is 5.38 Å². The van der Waals surface area contributed by atoms with Gasteiger partial charge in [-0.3, -0.25) is 4.79 Å². The quantitative estimate of drug-likeness (QED) is 0.583. The molecule has 18 heavy (non-hydrogen) atoms. The second-order valence-electron chi connectivity index (χ2n) is 3.39. The number of urea groups is 1. The number of primary amides is 1. The number of thiazole rings is 1. The minimum Gasteiger partial charge on any atom is -0.476 e. The molecule has 0 spiro atoms. The molecule has 1 aromatic heterocycles. The first-order valence-electron chi connectivity index (χ1n) is 4.91. The maximum absolute atomic E-state index is 11.3. The lowest BCUT2D eigenvalue weighted by Crippen LogP contribution is -2.41. The van der Waals surface area contributed by atoms with Gasteiger partial charge in [0.15, 0.2) is 5.69 Å². The Labute approximate surface area is 106 Å². The molecule has 0 saturated carbocycles. The molecule has 0 radical (unpaired) electrons. The van der Waals surface area contributed by atoms with E-state index in [1.807, 2.05) is 0 Å². The number of rotatable bonds is 5. The number of carbonyl (C=O) groups is 3. The molecule has 0 saturated heterocycles. The first-order valence-corrected chi connectivity index (χ1v) is 5.79. The van der Waals surface area contributed by atoms with E-state index in [9.17, 15) is 14.4 Å². The summed E-state index contributed by atoms with van der Waals surface area (Å²) in [5.41, 5.74) is 4.79. The zero-order chi connectivity index (χ0) is 13.7. The largest absolute Gasteiger partial charge is 0.476 e. The summed E-state index contributed by atoms with van der Waals surface area (Å²) in [5, 5.41) is 15.3. The average molecular weight is 272 g/mol. The normalized spacial score (nSPS) is 11.6. The molecular weight excluding hydrogens is 260 g/mol. The number of carbonyl (C=O) groups excluding carboxylic acids is 2. The molecule has 1 heterocycles. The standard InChI is InChI=1S/C9H12N4O4S/c1-4(12-9(17)11-2-6(10)14)7-13-5(3-18-7)8(15)16/h3-4H,2H2,1H3,(H2,10,14)(H,15,16)(H2,11,12,17). The van der Waals surface area contributed by atoms with Crippen molar-refractivity contribution in [3.63, 3.8) is 0 Å². The zero-order valence-electron chi connectivity index (χ0n) is 9.47. The van der Waals surface area contributed by atoms with Gasteiger partial charge < -0.3 is 21.5 Å². The third kappa shape index (κ3) is 4.01. The van der Waals surface area contributed by atoms with Gasteiger partial charge in [0.05, 0.1) is 12.6 Å². The van der Waals surface area contributed by atoms with Crippen LogP contribution in [0.1, 0.15) is 28.5 Å². The van der Waals surface area contributed by atoms with Crippen molar-refractivity contribution in [1.29, 1.82) is 0 Å². The summed E-state index contributed by atoms with van der Waals surface area (Å²) >= 11 is 1.13. The maximum Gasteiger partial charge on any atom is 0.355 e. The fraction of sp³-hybridized carbons (Fsp3) is 0.333. The molecule has 9 heteroatoms. The van der Waals surface area contributed by atoms with Gasteiger partial charge in [0.2, 0.25) is 5.91 Å². The number of hydrogen-bond acceptors (Lipinski definition) is 5. The molecule has 0 aliphatic heterocycles. The molecule has 0 fully saturated rings. The van der Waals surface area contributed by atoms with Crippen LogP contribution in [0.15, 0.2) is 5.38 Å². The van der Waals surface area contributed by atoms with Gasteiger partial charge in [0.1, 0.15) is 5.01 Å². The Hall–Kier alpha value is -2.16. The van der Waals surface area contributed by atoms with Crippen molar-refractivity contribution in [1.82, 2.24) is 15.6 Å². The third-order valence-corrected chi connectivity index (χ3v) is 2.91. The minimum atomic E-state index is -1.12. The summed E-state index contributed by atoms with van der Waals surface area (Å²) in [6, 6.07) is -1.04. The number of carboxylic acids is 1. The number of aromatic carboxylic acids is 1. The Morgan fingerprint density at radius 3 is 2.72 bits per heavy atom. The van der Waals surface area contributed by atoms with E-state index in [4.69, 9.17) is 10.8 Å². The first kappa shape index (κ1) is 13.9. The van der Waals surface area contributed by atoms with Gasteiger partial charge in [0.25, 0.3) is 0 Å². The Bertz CT molecular complexity index is 473. The van der Waals surface area contributed by atoms with E-state index in [2.05, 4.69) is 15.6 Å². The van der Waals surface area contributed by atoms with Crippen molar-refractivity contribution in [3.05, 3.63) is 16.1 Å². The number of nitrogens with two attached hydrogens (primary N) is 1. The molecule has 1 aromatic rings. The Balaban J connectivity index is 2.53. The van der Waals surface area contributed by atoms with E-state index in [1.165, 1.54) is 5.38 Å². The summed E-state index contributed by atoms with van der Waals surface area (Å²) in [6.45, 7) is 1.38. The lowest BCUT2D eigenvalue weighted by molar-refractivity contribution is -0.117. The summed E-state index contributed by atoms with van der Waals surface area (Å²) in [6.07, 6.45) is 0. The summed E-state index contributed by atoms with van der Waals surface area (Å²) in [5.74, 6) is -1.77. The van der Waals surface area contributed by atoms with Crippen molar-refractivity contribution in [2.45, 2.75) is 13.0 Å². The van der Waals surface area contributed by atoms with E-state index >= 15 is 0 Å². The molecule has 1 unspecified atom stereocenters. The highest BCUT2D eigenvalue weighted by Gasteiger charge is 2.15. The van der Waals surface area contributed by atoms with Crippen LogP contribution in [-0.4, -0.2) is 34.5 Å². The van der Waals surface area contributed by atoms with Gasteiger partial charge in [-0.25, -0.2) is 14.6 Å². The van der Waals surface area contributed by atoms with Crippen LogP contribution in [0.2, 0.25) is 0 Å². The molecule has 3 amide bonds. The topological polar surface area (TPSA) is 134 Å². The molecule has 0 aromatic carbocycles. The fourth-order valence-corrected chi connectivity index (χ4v) is 1.86. The second-order valence-corrected chi connectivity index (χ2v) is 4.28. The molecule has 98 valence electrons. The summed E-state index contributed by atoms with van der Waals surface area (Å²) in [7, 11) is 0. The fourth-order valence-electron chi connectivity index (χ4n) is 1.06. The molecule has 8 nitrogen and oxygen atoms in total. The van der Waals surface area contributed by atoms with Crippen LogP contribution in [0, 0.1) is 0 Å². The van der Waals surface area contributed by atoms with Crippen LogP contribution >= 0.6 is 11.3 Å². The van der Waals surface area contributed by atoms with Crippen LogP contribution in [0.5, 0.6) is 0 Å². The van der Waals surface area contributed by atoms with Crippen LogP contribution in [0.25, 0.3) is 0 Å². The maximum atomic E-state index is 11.3. The lowest BCUT2D eigenvalue weighted by Gasteiger charge is -2.11.